The van der Waals surface area contributed by atoms with Crippen LogP contribution in [0.1, 0.15) is 5.69 Å². The van der Waals surface area contributed by atoms with Crippen LogP contribution in [0.4, 0.5) is 0 Å². The first-order valence-corrected chi connectivity index (χ1v) is 8.04. The summed E-state index contributed by atoms with van der Waals surface area (Å²) < 4.78 is 15.8. The fraction of sp³-hybridized carbons (Fsp3) is 0.312. The van der Waals surface area contributed by atoms with Crippen LogP contribution in [0.2, 0.25) is 0 Å². The number of rotatable bonds is 5. The van der Waals surface area contributed by atoms with Gasteiger partial charge in [0.05, 0.1) is 6.20 Å². The van der Waals surface area contributed by atoms with Crippen molar-refractivity contribution in [3.8, 4) is 5.75 Å². The van der Waals surface area contributed by atoms with Gasteiger partial charge in [-0.25, -0.2) is 4.79 Å². The van der Waals surface area contributed by atoms with Crippen molar-refractivity contribution in [3.63, 3.8) is 0 Å². The van der Waals surface area contributed by atoms with Gasteiger partial charge in [-0.2, -0.15) is 4.79 Å². The number of hydrogen-bond acceptors (Lipinski definition) is 10. The van der Waals surface area contributed by atoms with Gasteiger partial charge in [0, 0.05) is 17.5 Å². The number of aliphatic hydroxyl groups excluding tert-OH is 3. The summed E-state index contributed by atoms with van der Waals surface area (Å²) in [6.07, 6.45) is -3.93. The number of hydrogen-bond donors (Lipinski definition) is 4. The van der Waals surface area contributed by atoms with Crippen molar-refractivity contribution in [2.75, 3.05) is 5.43 Å². The van der Waals surface area contributed by atoms with Crippen molar-refractivity contribution in [2.24, 2.45) is 0 Å². The van der Waals surface area contributed by atoms with Gasteiger partial charge in [0.25, 0.3) is 0 Å². The first-order chi connectivity index (χ1) is 13.0. The molecule has 4 atom stereocenters. The van der Waals surface area contributed by atoms with Gasteiger partial charge < -0.3 is 29.2 Å². The highest BCUT2D eigenvalue weighted by Gasteiger charge is 2.42. The summed E-state index contributed by atoms with van der Waals surface area (Å²) in [4.78, 5) is 12.5. The van der Waals surface area contributed by atoms with E-state index in [9.17, 15) is 20.1 Å². The number of fused-ring (bicyclic) bond motifs is 1. The molecule has 142 valence electrons. The van der Waals surface area contributed by atoms with Crippen molar-refractivity contribution in [2.45, 2.75) is 31.3 Å². The fourth-order valence-corrected chi connectivity index (χ4v) is 2.64. The summed E-state index contributed by atoms with van der Waals surface area (Å²) in [5.74, 6) is 0.465. The molecule has 1 fully saturated rings. The Morgan fingerprint density at radius 3 is 2.78 bits per heavy atom. The first kappa shape index (κ1) is 17.4. The summed E-state index contributed by atoms with van der Waals surface area (Å²) in [7, 11) is 0. The van der Waals surface area contributed by atoms with Crippen molar-refractivity contribution in [1.82, 2.24) is 15.1 Å². The lowest BCUT2D eigenvalue weighted by Crippen LogP contribution is -2.40. The third-order valence-corrected chi connectivity index (χ3v) is 4.09. The maximum Gasteiger partial charge on any atom is 0.336 e. The third kappa shape index (κ3) is 3.48. The first-order valence-electron chi connectivity index (χ1n) is 8.04. The highest BCUT2D eigenvalue weighted by atomic mass is 16.7. The summed E-state index contributed by atoms with van der Waals surface area (Å²) in [6, 6.07) is 8.07. The van der Waals surface area contributed by atoms with Crippen LogP contribution in [-0.4, -0.2) is 55.1 Å². The normalized spacial score (nSPS) is 25.0. The van der Waals surface area contributed by atoms with E-state index in [1.54, 1.807) is 24.3 Å². The van der Waals surface area contributed by atoms with Crippen LogP contribution in [0.15, 0.2) is 45.7 Å². The highest BCUT2D eigenvalue weighted by molar-refractivity contribution is 5.77. The largest absolute Gasteiger partial charge is 0.487 e. The van der Waals surface area contributed by atoms with E-state index in [4.69, 9.17) is 13.9 Å². The molecule has 4 rings (SSSR count). The van der Waals surface area contributed by atoms with Gasteiger partial charge in [-0.1, -0.05) is 0 Å². The van der Waals surface area contributed by atoms with Gasteiger partial charge >= 0.3 is 5.63 Å². The Kier molecular flexibility index (Phi) is 4.49. The van der Waals surface area contributed by atoms with Crippen LogP contribution in [0, 0.1) is 0 Å². The van der Waals surface area contributed by atoms with Gasteiger partial charge in [-0.15, -0.1) is 5.10 Å². The highest BCUT2D eigenvalue weighted by Crippen LogP contribution is 2.21. The molecule has 0 bridgehead atoms. The summed E-state index contributed by atoms with van der Waals surface area (Å²) in [5, 5.41) is 37.1. The lowest BCUT2D eigenvalue weighted by molar-refractivity contribution is -0.124. The molecular weight excluding hydrogens is 360 g/mol. The molecule has 11 heteroatoms. The molecular formula is C16H16N4O7. The number of nitrogens with one attached hydrogen (secondary N) is 1. The summed E-state index contributed by atoms with van der Waals surface area (Å²) >= 11 is 0. The van der Waals surface area contributed by atoms with Crippen LogP contribution < -0.4 is 15.8 Å². The van der Waals surface area contributed by atoms with E-state index in [1.165, 1.54) is 17.1 Å². The molecule has 0 amide bonds. The molecule has 2 unspecified atom stereocenters. The zero-order chi connectivity index (χ0) is 19.0. The van der Waals surface area contributed by atoms with E-state index in [1.807, 2.05) is 0 Å². The Balaban J connectivity index is 1.45. The average molecular weight is 376 g/mol. The second kappa shape index (κ2) is 6.96. The fourth-order valence-electron chi connectivity index (χ4n) is 2.64. The molecule has 0 aliphatic carbocycles. The molecule has 0 spiro atoms. The molecule has 27 heavy (non-hydrogen) atoms. The smallest absolute Gasteiger partial charge is 0.336 e. The maximum atomic E-state index is 11.3. The van der Waals surface area contributed by atoms with E-state index in [0.29, 0.717) is 17.0 Å². The van der Waals surface area contributed by atoms with Crippen molar-refractivity contribution in [1.29, 1.82) is 0 Å². The quantitative estimate of drug-likeness (QED) is 0.404. The van der Waals surface area contributed by atoms with Gasteiger partial charge in [-0.05, 0) is 23.4 Å². The molecule has 3 heterocycles. The predicted octanol–water partition coefficient (Wildman–Crippen LogP) is -1.10. The Morgan fingerprint density at radius 1 is 1.19 bits per heavy atom. The molecule has 0 saturated carbocycles. The predicted molar refractivity (Wildman–Crippen MR) is 89.1 cm³/mol. The minimum Gasteiger partial charge on any atom is -0.487 e. The molecule has 3 aromatic rings. The average Bonchev–Trinajstić information content (AvgIpc) is 3.20. The van der Waals surface area contributed by atoms with E-state index in [-0.39, 0.29) is 6.61 Å². The minimum absolute atomic E-state index is 0.0521. The van der Waals surface area contributed by atoms with Crippen LogP contribution in [0.25, 0.3) is 11.0 Å². The number of benzene rings is 1. The van der Waals surface area contributed by atoms with Gasteiger partial charge in [0.15, 0.2) is 12.5 Å². The minimum atomic E-state index is -1.51. The van der Waals surface area contributed by atoms with E-state index >= 15 is 0 Å². The monoisotopic (exact) mass is 376 g/mol. The number of ether oxygens (including phenoxy) is 2. The van der Waals surface area contributed by atoms with Gasteiger partial charge in [0.1, 0.15) is 35.8 Å². The number of aliphatic hydroxyl groups is 3. The lowest BCUT2D eigenvalue weighted by atomic mass is 10.2. The van der Waals surface area contributed by atoms with Crippen LogP contribution in [0.5, 0.6) is 5.75 Å². The SMILES string of the molecule is O=c1ccc2ccc(OCc3cnnn3N[C@@H]3O[C@H](O)C(O)C3O)cc2o1. The van der Waals surface area contributed by atoms with Gasteiger partial charge in [0.2, 0.25) is 0 Å². The number of nitrogens with zero attached hydrogens (tertiary/aromatic N) is 3. The van der Waals surface area contributed by atoms with Crippen molar-refractivity contribution in [3.05, 3.63) is 52.6 Å². The molecule has 1 aromatic carbocycles. The molecule has 11 nitrogen and oxygen atoms in total. The zero-order valence-electron chi connectivity index (χ0n) is 13.8. The lowest BCUT2D eigenvalue weighted by Gasteiger charge is -2.18. The Morgan fingerprint density at radius 2 is 2.00 bits per heavy atom. The van der Waals surface area contributed by atoms with E-state index in [2.05, 4.69) is 15.7 Å². The third-order valence-electron chi connectivity index (χ3n) is 4.09. The van der Waals surface area contributed by atoms with E-state index < -0.39 is 30.4 Å². The second-order valence-corrected chi connectivity index (χ2v) is 5.94. The van der Waals surface area contributed by atoms with Crippen molar-refractivity contribution >= 4 is 11.0 Å². The van der Waals surface area contributed by atoms with Crippen LogP contribution in [-0.2, 0) is 11.3 Å². The van der Waals surface area contributed by atoms with Gasteiger partial charge in [-0.3, -0.25) is 5.43 Å². The molecule has 1 saturated heterocycles. The standard InChI is InChI=1S/C16H16N4O7/c21-12-4-2-8-1-3-10(5-11(8)26-12)25-7-9-6-17-19-20(9)18-15-13(22)14(23)16(24)27-15/h1-6,13-16,18,22-24H,7H2/t13?,14?,15-,16+/m1/s1. The maximum absolute atomic E-state index is 11.3. The van der Waals surface area contributed by atoms with Crippen LogP contribution in [0.3, 0.4) is 0 Å². The molecule has 4 N–H and O–H groups in total. The molecule has 2 aromatic heterocycles. The van der Waals surface area contributed by atoms with Crippen molar-refractivity contribution < 1.29 is 29.2 Å². The van der Waals surface area contributed by atoms with E-state index in [0.717, 1.165) is 5.39 Å². The molecule has 1 aliphatic heterocycles. The zero-order valence-corrected chi connectivity index (χ0v) is 13.8. The number of aromatic nitrogens is 3. The second-order valence-electron chi connectivity index (χ2n) is 5.94. The Bertz CT molecular complexity index is 1000. The molecule has 1 aliphatic rings. The summed E-state index contributed by atoms with van der Waals surface area (Å²) in [6.45, 7) is 0.0521. The topological polar surface area (TPSA) is 152 Å². The Hall–Kier alpha value is -2.99. The summed E-state index contributed by atoms with van der Waals surface area (Å²) in [5.41, 5.74) is 3.11. The van der Waals surface area contributed by atoms with Crippen LogP contribution >= 0.6 is 0 Å². The molecule has 0 radical (unpaired) electrons. The Labute approximate surface area is 151 Å².